The Morgan fingerprint density at radius 1 is 1.48 bits per heavy atom. The topological polar surface area (TPSA) is 79.7 Å². The Labute approximate surface area is 185 Å². The molecule has 31 heavy (non-hydrogen) atoms. The molecule has 2 heterocycles. The molecule has 2 unspecified atom stereocenters. The van der Waals surface area contributed by atoms with Gasteiger partial charge in [-0.3, -0.25) is 14.2 Å². The molecule has 1 aliphatic heterocycles. The number of fused-ring (bicyclic) bond motifs is 1. The van der Waals surface area contributed by atoms with Crippen molar-refractivity contribution in [2.75, 3.05) is 0 Å². The van der Waals surface area contributed by atoms with Crippen molar-refractivity contribution in [2.45, 2.75) is 83.0 Å². The summed E-state index contributed by atoms with van der Waals surface area (Å²) in [4.78, 5) is 27.2. The lowest BCUT2D eigenvalue weighted by Gasteiger charge is -2.29. The van der Waals surface area contributed by atoms with Gasteiger partial charge in [0.05, 0.1) is 6.42 Å². The van der Waals surface area contributed by atoms with Crippen LogP contribution in [0.25, 0.3) is 0 Å². The molecule has 7 nitrogen and oxygen atoms in total. The van der Waals surface area contributed by atoms with Gasteiger partial charge in [-0.1, -0.05) is 13.3 Å². The van der Waals surface area contributed by atoms with Gasteiger partial charge in [-0.15, -0.1) is 0 Å². The van der Waals surface area contributed by atoms with Crippen molar-refractivity contribution in [3.8, 4) is 0 Å². The maximum Gasteiger partial charge on any atom is 0.306 e. The number of thiocarbonyl (C=S) groups is 1. The molecule has 0 bridgehead atoms. The van der Waals surface area contributed by atoms with Gasteiger partial charge in [-0.05, 0) is 31.5 Å². The number of halogens is 2. The Bertz CT molecular complexity index is 789. The fraction of sp³-hybridized carbons (Fsp3) is 0.714. The minimum Gasteiger partial charge on any atom is -0.467 e. The van der Waals surface area contributed by atoms with Gasteiger partial charge in [0.15, 0.2) is 6.10 Å². The van der Waals surface area contributed by atoms with Crippen LogP contribution in [0.15, 0.2) is 18.7 Å². The molecule has 10 heteroatoms. The quantitative estimate of drug-likeness (QED) is 0.410. The monoisotopic (exact) mass is 458 g/mol. The number of carbonyl (C=O) groups is 2. The molecule has 1 saturated carbocycles. The highest BCUT2D eigenvalue weighted by Gasteiger charge is 2.52. The Hall–Kier alpha value is -2.10. The standard InChI is InChI=1S/C21H28F2N2O5S/c1-3-4-7-21(22,23)18(28-13(2)26)6-5-14-15-10-19(27)29-17(15)11-16(14)30-20(31)25-9-8-24-12-25/h8-9,12,14-18H,3-7,10-11H2,1-2H3/t14-,15-,16-,17?,18?/m1/s1. The summed E-state index contributed by atoms with van der Waals surface area (Å²) in [6.45, 7) is 2.96. The van der Waals surface area contributed by atoms with Crippen LogP contribution in [0.5, 0.6) is 0 Å². The van der Waals surface area contributed by atoms with Crippen LogP contribution in [0.1, 0.15) is 58.8 Å². The maximum atomic E-state index is 14.7. The number of rotatable bonds is 9. The summed E-state index contributed by atoms with van der Waals surface area (Å²) >= 11 is 5.32. The maximum absolute atomic E-state index is 14.7. The summed E-state index contributed by atoms with van der Waals surface area (Å²) in [5, 5.41) is 0.198. The first-order chi connectivity index (χ1) is 14.7. The molecular formula is C21H28F2N2O5S. The number of esters is 2. The molecule has 5 atom stereocenters. The Balaban J connectivity index is 1.71. The second-order valence-corrected chi connectivity index (χ2v) is 8.58. The van der Waals surface area contributed by atoms with E-state index in [1.54, 1.807) is 17.0 Å². The Morgan fingerprint density at radius 2 is 2.26 bits per heavy atom. The lowest BCUT2D eigenvalue weighted by molar-refractivity contribution is -0.175. The predicted octanol–water partition coefficient (Wildman–Crippen LogP) is 3.89. The van der Waals surface area contributed by atoms with E-state index >= 15 is 0 Å². The third kappa shape index (κ3) is 5.78. The highest BCUT2D eigenvalue weighted by molar-refractivity contribution is 7.80. The van der Waals surface area contributed by atoms with Crippen LogP contribution in [-0.2, 0) is 23.8 Å². The normalized spacial score (nSPS) is 26.3. The van der Waals surface area contributed by atoms with Crippen LogP contribution in [0, 0.1) is 11.8 Å². The highest BCUT2D eigenvalue weighted by Crippen LogP contribution is 2.46. The van der Waals surface area contributed by atoms with Crippen molar-refractivity contribution in [2.24, 2.45) is 11.8 Å². The van der Waals surface area contributed by atoms with Crippen molar-refractivity contribution in [3.05, 3.63) is 18.7 Å². The van der Waals surface area contributed by atoms with Crippen LogP contribution in [-0.4, -0.2) is 50.9 Å². The smallest absolute Gasteiger partial charge is 0.306 e. The van der Waals surface area contributed by atoms with Crippen LogP contribution in [0.2, 0.25) is 0 Å². The molecule has 1 aliphatic carbocycles. The number of unbranched alkanes of at least 4 members (excludes halogenated alkanes) is 1. The minimum atomic E-state index is -3.12. The van der Waals surface area contributed by atoms with Gasteiger partial charge in [0.2, 0.25) is 0 Å². The molecule has 2 fully saturated rings. The van der Waals surface area contributed by atoms with E-state index in [0.717, 1.165) is 6.92 Å². The molecule has 3 rings (SSSR count). The van der Waals surface area contributed by atoms with E-state index in [4.69, 9.17) is 26.4 Å². The molecular weight excluding hydrogens is 430 g/mol. The summed E-state index contributed by atoms with van der Waals surface area (Å²) < 4.78 is 47.4. The van der Waals surface area contributed by atoms with Gasteiger partial charge < -0.3 is 14.2 Å². The zero-order valence-corrected chi connectivity index (χ0v) is 18.5. The summed E-state index contributed by atoms with van der Waals surface area (Å²) in [6.07, 6.45) is 4.06. The van der Waals surface area contributed by atoms with Crippen LogP contribution >= 0.6 is 12.2 Å². The molecule has 1 aromatic rings. The first-order valence-electron chi connectivity index (χ1n) is 10.6. The third-order valence-corrected chi connectivity index (χ3v) is 6.33. The van der Waals surface area contributed by atoms with E-state index in [1.807, 2.05) is 6.92 Å². The lowest BCUT2D eigenvalue weighted by atomic mass is 9.86. The zero-order chi connectivity index (χ0) is 22.6. The lowest BCUT2D eigenvalue weighted by Crippen LogP contribution is -2.38. The van der Waals surface area contributed by atoms with E-state index in [1.165, 1.54) is 6.33 Å². The first-order valence-corrected chi connectivity index (χ1v) is 11.1. The first kappa shape index (κ1) is 23.6. The fourth-order valence-electron chi connectivity index (χ4n) is 4.52. The minimum absolute atomic E-state index is 0.0317. The number of nitrogens with zero attached hydrogens (tertiary/aromatic N) is 2. The number of aromatic nitrogens is 2. The molecule has 172 valence electrons. The van der Waals surface area contributed by atoms with E-state index < -0.39 is 18.0 Å². The van der Waals surface area contributed by atoms with Crippen LogP contribution in [0.4, 0.5) is 8.78 Å². The fourth-order valence-corrected chi connectivity index (χ4v) is 4.76. The average Bonchev–Trinajstić information content (AvgIpc) is 3.40. The van der Waals surface area contributed by atoms with Crippen molar-refractivity contribution in [3.63, 3.8) is 0 Å². The average molecular weight is 459 g/mol. The Morgan fingerprint density at radius 3 is 2.90 bits per heavy atom. The van der Waals surface area contributed by atoms with Gasteiger partial charge in [0.25, 0.3) is 11.1 Å². The van der Waals surface area contributed by atoms with Crippen molar-refractivity contribution < 1.29 is 32.6 Å². The van der Waals surface area contributed by atoms with Crippen molar-refractivity contribution in [1.82, 2.24) is 9.55 Å². The largest absolute Gasteiger partial charge is 0.467 e. The number of ether oxygens (including phenoxy) is 3. The summed E-state index contributed by atoms with van der Waals surface area (Å²) in [6, 6.07) is 0. The molecule has 1 aromatic heterocycles. The van der Waals surface area contributed by atoms with Crippen molar-refractivity contribution in [1.29, 1.82) is 0 Å². The second kappa shape index (κ2) is 10.0. The van der Waals surface area contributed by atoms with Gasteiger partial charge >= 0.3 is 11.9 Å². The van der Waals surface area contributed by atoms with Crippen LogP contribution < -0.4 is 0 Å². The molecule has 2 aliphatic rings. The number of carbonyl (C=O) groups excluding carboxylic acids is 2. The van der Waals surface area contributed by atoms with E-state index in [-0.39, 0.29) is 54.5 Å². The van der Waals surface area contributed by atoms with E-state index in [2.05, 4.69) is 4.98 Å². The van der Waals surface area contributed by atoms with Crippen molar-refractivity contribution >= 4 is 29.3 Å². The molecule has 0 amide bonds. The van der Waals surface area contributed by atoms with E-state index in [0.29, 0.717) is 25.7 Å². The summed E-state index contributed by atoms with van der Waals surface area (Å²) in [5.74, 6) is -4.51. The summed E-state index contributed by atoms with van der Waals surface area (Å²) in [5.41, 5.74) is 0. The molecule has 1 saturated heterocycles. The second-order valence-electron chi connectivity index (χ2n) is 8.23. The van der Waals surface area contributed by atoms with Gasteiger partial charge in [0, 0.05) is 44.0 Å². The van der Waals surface area contributed by atoms with Crippen LogP contribution in [0.3, 0.4) is 0 Å². The zero-order valence-electron chi connectivity index (χ0n) is 17.7. The molecule has 0 aromatic carbocycles. The number of hydrogen-bond acceptors (Lipinski definition) is 7. The molecule has 0 N–H and O–H groups in total. The van der Waals surface area contributed by atoms with E-state index in [9.17, 15) is 18.4 Å². The summed E-state index contributed by atoms with van der Waals surface area (Å²) in [7, 11) is 0. The number of alkyl halides is 2. The molecule has 0 spiro atoms. The SMILES string of the molecule is CCCCC(F)(F)C(CC[C@H]1[C@H](OC(=S)n2ccnc2)CC2OC(=O)C[C@@H]21)OC(C)=O. The third-order valence-electron chi connectivity index (χ3n) is 6.03. The number of hydrogen-bond donors (Lipinski definition) is 0. The highest BCUT2D eigenvalue weighted by atomic mass is 32.1. The van der Waals surface area contributed by atoms with Gasteiger partial charge in [0.1, 0.15) is 18.5 Å². The Kier molecular flexibility index (Phi) is 7.61. The van der Waals surface area contributed by atoms with Gasteiger partial charge in [-0.2, -0.15) is 0 Å². The predicted molar refractivity (Wildman–Crippen MR) is 110 cm³/mol. The number of imidazole rings is 1. The van der Waals surface area contributed by atoms with Gasteiger partial charge in [-0.25, -0.2) is 13.8 Å². The molecule has 0 radical (unpaired) electrons.